The maximum absolute atomic E-state index is 10.0. The number of carbonyl (C=O) groups is 1. The average Bonchev–Trinajstić information content (AvgIpc) is 3.00. The fraction of sp³-hybridized carbons (Fsp3) is 0.161. The summed E-state index contributed by atoms with van der Waals surface area (Å²) in [5, 5.41) is 9.55. The van der Waals surface area contributed by atoms with Crippen LogP contribution in [-0.2, 0) is 30.3 Å². The number of rotatable bonds is 2. The predicted octanol–water partition coefficient (Wildman–Crippen LogP) is 6.96. The summed E-state index contributed by atoms with van der Waals surface area (Å²) in [5.41, 5.74) is 9.76. The number of nitrogens with zero attached hydrogens (tertiary/aromatic N) is 1. The molecule has 0 spiro atoms. The number of ketones is 1. The molecule has 0 amide bonds. The normalized spacial score (nSPS) is 13.2. The van der Waals surface area contributed by atoms with Crippen LogP contribution in [0.3, 0.4) is 0 Å². The minimum absolute atomic E-state index is 0. The zero-order chi connectivity index (χ0) is 24.6. The van der Waals surface area contributed by atoms with E-state index >= 15 is 0 Å². The van der Waals surface area contributed by atoms with E-state index in [1.165, 1.54) is 47.6 Å². The number of pyridine rings is 1. The van der Waals surface area contributed by atoms with E-state index in [1.807, 2.05) is 4.57 Å². The summed E-state index contributed by atoms with van der Waals surface area (Å²) in [6.45, 7) is 11.8. The molecule has 181 valence electrons. The largest absolute Gasteiger partial charge is 0.512 e. The van der Waals surface area contributed by atoms with E-state index < -0.39 is 0 Å². The van der Waals surface area contributed by atoms with Crippen LogP contribution in [-0.4, -0.2) is 10.9 Å². The Hall–Kier alpha value is -3.33. The van der Waals surface area contributed by atoms with Crippen LogP contribution in [0.15, 0.2) is 84.6 Å². The number of allylic oxidation sites excluding steroid dienone is 2. The fourth-order valence-corrected chi connectivity index (χ4v) is 4.82. The molecule has 0 unspecified atom stereocenters. The smallest absolute Gasteiger partial charge is 0.155 e. The summed E-state index contributed by atoms with van der Waals surface area (Å²) in [6, 6.07) is 26.0. The predicted molar refractivity (Wildman–Crippen MR) is 139 cm³/mol. The third-order valence-corrected chi connectivity index (χ3v) is 6.43. The standard InChI is InChI=1S/C26H22N.C5H8O2.Ir/c1-17-15-21-19-10-6-7-11-22(19)26(2,3)23(21)16-20(17)25-14-13-18-9-5-8-12-24(18)27(25)4;1-4(6)3-5(2)7;/h5-16H,1,4H2,2-3H3;3,6H,1-2H3;/q-1;;/b;4-3-;. The molecule has 35 heavy (non-hydrogen) atoms. The summed E-state index contributed by atoms with van der Waals surface area (Å²) in [7, 11) is 4.32. The summed E-state index contributed by atoms with van der Waals surface area (Å²) in [6.07, 6.45) is 1.17. The Balaban J connectivity index is 0.000000378. The van der Waals surface area contributed by atoms with Gasteiger partial charge in [-0.05, 0) is 36.4 Å². The first-order valence-corrected chi connectivity index (χ1v) is 11.3. The van der Waals surface area contributed by atoms with Crippen LogP contribution in [0, 0.1) is 14.0 Å². The Morgan fingerprint density at radius 3 is 2.20 bits per heavy atom. The Kier molecular flexibility index (Phi) is 7.59. The maximum atomic E-state index is 10.0. The van der Waals surface area contributed by atoms with E-state index in [0.717, 1.165) is 22.3 Å². The number of aliphatic hydroxyl groups excluding tert-OH is 1. The molecule has 4 heteroatoms. The van der Waals surface area contributed by atoms with Crippen molar-refractivity contribution in [2.24, 2.45) is 0 Å². The topological polar surface area (TPSA) is 41.2 Å². The molecule has 0 bridgehead atoms. The number of fused-ring (bicyclic) bond motifs is 4. The van der Waals surface area contributed by atoms with Crippen LogP contribution in [0.5, 0.6) is 0 Å². The molecule has 3 aromatic carbocycles. The molecule has 0 fully saturated rings. The van der Waals surface area contributed by atoms with Gasteiger partial charge in [-0.25, -0.2) is 0 Å². The molecule has 1 heterocycles. The first-order chi connectivity index (χ1) is 16.1. The van der Waals surface area contributed by atoms with Crippen molar-refractivity contribution >= 4 is 16.7 Å². The number of benzene rings is 3. The Bertz CT molecular complexity index is 1450. The van der Waals surface area contributed by atoms with Crippen LogP contribution in [0.2, 0.25) is 0 Å². The van der Waals surface area contributed by atoms with Gasteiger partial charge in [0.2, 0.25) is 0 Å². The maximum Gasteiger partial charge on any atom is 0.155 e. The van der Waals surface area contributed by atoms with Crippen molar-refractivity contribution in [3.05, 3.63) is 115 Å². The van der Waals surface area contributed by atoms with Gasteiger partial charge in [-0.2, -0.15) is 18.6 Å². The van der Waals surface area contributed by atoms with E-state index in [4.69, 9.17) is 5.11 Å². The van der Waals surface area contributed by atoms with Gasteiger partial charge in [0.05, 0.1) is 11.5 Å². The molecular formula is C31H30IrNO2-. The number of carbonyl (C=O) groups excluding carboxylic acids is 1. The Morgan fingerprint density at radius 2 is 1.54 bits per heavy atom. The van der Waals surface area contributed by atoms with E-state index in [-0.39, 0.29) is 37.1 Å². The minimum atomic E-state index is -0.125. The molecule has 1 N–H and O–H groups in total. The Morgan fingerprint density at radius 1 is 0.886 bits per heavy atom. The van der Waals surface area contributed by atoms with E-state index in [2.05, 4.69) is 101 Å². The number of aliphatic hydroxyl groups is 1. The monoisotopic (exact) mass is 641 g/mol. The van der Waals surface area contributed by atoms with Crippen LogP contribution < -0.4 is 4.57 Å². The van der Waals surface area contributed by atoms with E-state index in [0.29, 0.717) is 0 Å². The molecule has 1 aromatic heterocycles. The van der Waals surface area contributed by atoms with Gasteiger partial charge < -0.3 is 9.67 Å². The number of hydrogen-bond donors (Lipinski definition) is 1. The zero-order valence-electron chi connectivity index (χ0n) is 20.6. The van der Waals surface area contributed by atoms with Gasteiger partial charge in [0.15, 0.2) is 5.78 Å². The summed E-state index contributed by atoms with van der Waals surface area (Å²) in [5.74, 6) is -0.0625. The van der Waals surface area contributed by atoms with Crippen molar-refractivity contribution in [3.63, 3.8) is 0 Å². The molecular weight excluding hydrogens is 611 g/mol. The van der Waals surface area contributed by atoms with Gasteiger partial charge in [-0.3, -0.25) is 4.79 Å². The fourth-order valence-electron chi connectivity index (χ4n) is 4.82. The van der Waals surface area contributed by atoms with E-state index in [1.54, 1.807) is 0 Å². The van der Waals surface area contributed by atoms with Crippen molar-refractivity contribution in [1.29, 1.82) is 0 Å². The molecule has 4 aromatic rings. The Labute approximate surface area is 221 Å². The second-order valence-corrected chi connectivity index (χ2v) is 9.33. The third kappa shape index (κ3) is 4.91. The number of aromatic nitrogens is 1. The second-order valence-electron chi connectivity index (χ2n) is 9.33. The molecule has 0 saturated carbocycles. The molecule has 0 saturated heterocycles. The van der Waals surface area contributed by atoms with Crippen molar-refractivity contribution in [3.8, 4) is 22.4 Å². The quantitative estimate of drug-likeness (QED) is 0.112. The van der Waals surface area contributed by atoms with E-state index in [9.17, 15) is 4.79 Å². The van der Waals surface area contributed by atoms with Crippen molar-refractivity contribution < 1.29 is 34.6 Å². The number of hydrogen-bond acceptors (Lipinski definition) is 2. The third-order valence-electron chi connectivity index (χ3n) is 6.43. The van der Waals surface area contributed by atoms with Crippen LogP contribution >= 0.6 is 0 Å². The van der Waals surface area contributed by atoms with Gasteiger partial charge in [-0.15, -0.1) is 11.6 Å². The van der Waals surface area contributed by atoms with Gasteiger partial charge in [-0.1, -0.05) is 79.6 Å². The van der Waals surface area contributed by atoms with Gasteiger partial charge in [0.25, 0.3) is 0 Å². The van der Waals surface area contributed by atoms with Gasteiger partial charge in [0.1, 0.15) is 5.52 Å². The molecule has 1 radical (unpaired) electrons. The van der Waals surface area contributed by atoms with Crippen molar-refractivity contribution in [1.82, 2.24) is 0 Å². The first kappa shape index (κ1) is 26.3. The minimum Gasteiger partial charge on any atom is -0.512 e. The molecule has 0 aliphatic heterocycles. The molecule has 5 rings (SSSR count). The van der Waals surface area contributed by atoms with Crippen LogP contribution in [0.1, 0.15) is 44.4 Å². The van der Waals surface area contributed by atoms with Gasteiger partial charge in [0, 0.05) is 38.6 Å². The van der Waals surface area contributed by atoms with Crippen LogP contribution in [0.25, 0.3) is 33.3 Å². The van der Waals surface area contributed by atoms with Gasteiger partial charge >= 0.3 is 0 Å². The van der Waals surface area contributed by atoms with Crippen LogP contribution in [0.4, 0.5) is 0 Å². The zero-order valence-corrected chi connectivity index (χ0v) is 23.0. The summed E-state index contributed by atoms with van der Waals surface area (Å²) < 4.78 is 2.03. The molecule has 0 atom stereocenters. The van der Waals surface area contributed by atoms with Crippen molar-refractivity contribution in [2.45, 2.75) is 33.1 Å². The molecule has 1 aliphatic carbocycles. The molecule has 3 nitrogen and oxygen atoms in total. The number of para-hydroxylation sites is 1. The summed E-state index contributed by atoms with van der Waals surface area (Å²) in [4.78, 5) is 10.0. The SMILES string of the molecule is CC(=O)/C=C(/C)O.[CH2-]c1cc2c(cc1-c1ccc3ccccc3[n+]1[CH2-])C(C)(C)c1ccccc1-2.[Ir]. The second kappa shape index (κ2) is 10.1. The first-order valence-electron chi connectivity index (χ1n) is 11.3. The summed E-state index contributed by atoms with van der Waals surface area (Å²) >= 11 is 0. The van der Waals surface area contributed by atoms with Crippen molar-refractivity contribution in [2.75, 3.05) is 0 Å². The average molecular weight is 641 g/mol. The molecule has 1 aliphatic rings.